The first kappa shape index (κ1) is 22.2. The number of dihydropyridines is 1. The number of Topliss-reactive ketones (excluding diaryl/α,β-unsaturated/α-hetero) is 2. The minimum absolute atomic E-state index is 0.0924. The summed E-state index contributed by atoms with van der Waals surface area (Å²) in [4.78, 5) is 25.0. The summed E-state index contributed by atoms with van der Waals surface area (Å²) >= 11 is 13.7. The predicted octanol–water partition coefficient (Wildman–Crippen LogP) is 5.89. The van der Waals surface area contributed by atoms with E-state index in [0.717, 1.165) is 0 Å². The van der Waals surface area contributed by atoms with Crippen LogP contribution in [0.2, 0.25) is 10.0 Å². The van der Waals surface area contributed by atoms with Gasteiger partial charge in [-0.05, 0) is 37.6 Å². The molecule has 1 atom stereocenters. The van der Waals surface area contributed by atoms with Gasteiger partial charge in [-0.15, -0.1) is 0 Å². The topological polar surface area (TPSA) is 70.0 Å². The van der Waals surface area contributed by atoms with Crippen LogP contribution in [0.1, 0.15) is 35.7 Å². The molecule has 0 spiro atoms. The Kier molecular flexibility index (Phi) is 7.04. The van der Waals surface area contributed by atoms with Gasteiger partial charge in [0, 0.05) is 21.9 Å². The molecule has 0 radical (unpaired) electrons. The first-order valence-electron chi connectivity index (χ1n) is 9.13. The van der Waals surface area contributed by atoms with Crippen molar-refractivity contribution in [3.05, 3.63) is 91.6 Å². The molecular weight excluding hydrogens is 439 g/mol. The Morgan fingerprint density at radius 1 is 1.10 bits per heavy atom. The average molecular weight is 457 g/mol. The second kappa shape index (κ2) is 9.53. The second-order valence-electron chi connectivity index (χ2n) is 6.72. The number of nitriles is 1. The highest BCUT2D eigenvalue weighted by Gasteiger charge is 2.34. The van der Waals surface area contributed by atoms with Crippen molar-refractivity contribution >= 4 is 46.5 Å². The molecular formula is C23H18Cl2N2O2S. The average Bonchev–Trinajstić information content (AvgIpc) is 2.71. The highest BCUT2D eigenvalue weighted by atomic mass is 35.5. The fourth-order valence-electron chi connectivity index (χ4n) is 3.42. The lowest BCUT2D eigenvalue weighted by Gasteiger charge is -2.29. The van der Waals surface area contributed by atoms with Gasteiger partial charge in [-0.1, -0.05) is 65.3 Å². The maximum Gasteiger partial charge on any atom is 0.174 e. The van der Waals surface area contributed by atoms with Crippen molar-refractivity contribution in [1.82, 2.24) is 5.32 Å². The molecule has 0 amide bonds. The van der Waals surface area contributed by atoms with Gasteiger partial charge in [0.2, 0.25) is 0 Å². The number of rotatable bonds is 6. The van der Waals surface area contributed by atoms with Crippen LogP contribution in [0.3, 0.4) is 0 Å². The summed E-state index contributed by atoms with van der Waals surface area (Å²) in [6.45, 7) is 3.25. The predicted molar refractivity (Wildman–Crippen MR) is 122 cm³/mol. The normalized spacial score (nSPS) is 16.2. The summed E-state index contributed by atoms with van der Waals surface area (Å²) < 4.78 is 0. The Morgan fingerprint density at radius 2 is 1.73 bits per heavy atom. The Morgan fingerprint density at radius 3 is 2.33 bits per heavy atom. The number of carbonyl (C=O) groups excluding carboxylic acids is 2. The van der Waals surface area contributed by atoms with E-state index in [2.05, 4.69) is 11.4 Å². The van der Waals surface area contributed by atoms with Crippen molar-refractivity contribution in [2.24, 2.45) is 0 Å². The van der Waals surface area contributed by atoms with Gasteiger partial charge in [0.25, 0.3) is 0 Å². The molecule has 2 aromatic carbocycles. The van der Waals surface area contributed by atoms with Gasteiger partial charge >= 0.3 is 0 Å². The first-order valence-corrected chi connectivity index (χ1v) is 10.9. The molecule has 30 heavy (non-hydrogen) atoms. The van der Waals surface area contributed by atoms with Crippen molar-refractivity contribution in [2.45, 2.75) is 19.8 Å². The summed E-state index contributed by atoms with van der Waals surface area (Å²) in [5.74, 6) is -0.797. The number of benzene rings is 2. The maximum absolute atomic E-state index is 12.6. The Balaban J connectivity index is 1.99. The minimum atomic E-state index is -0.597. The molecule has 4 nitrogen and oxygen atoms in total. The van der Waals surface area contributed by atoms with Crippen LogP contribution in [-0.4, -0.2) is 17.3 Å². The van der Waals surface area contributed by atoms with Crippen LogP contribution in [0.25, 0.3) is 0 Å². The van der Waals surface area contributed by atoms with Gasteiger partial charge in [-0.25, -0.2) is 0 Å². The third-order valence-electron chi connectivity index (χ3n) is 4.76. The van der Waals surface area contributed by atoms with Gasteiger partial charge < -0.3 is 5.32 Å². The number of nitrogens with one attached hydrogen (secondary N) is 1. The van der Waals surface area contributed by atoms with Gasteiger partial charge in [-0.2, -0.15) is 5.26 Å². The molecule has 0 fully saturated rings. The van der Waals surface area contributed by atoms with E-state index in [-0.39, 0.29) is 17.3 Å². The van der Waals surface area contributed by atoms with Crippen LogP contribution >= 0.6 is 35.0 Å². The Bertz CT molecular complexity index is 1130. The highest BCUT2D eigenvalue weighted by Crippen LogP contribution is 2.43. The molecule has 0 aliphatic carbocycles. The van der Waals surface area contributed by atoms with Gasteiger partial charge in [-0.3, -0.25) is 9.59 Å². The van der Waals surface area contributed by atoms with Crippen molar-refractivity contribution in [3.63, 3.8) is 0 Å². The van der Waals surface area contributed by atoms with E-state index < -0.39 is 5.92 Å². The molecule has 1 aliphatic heterocycles. The number of hydrogen-bond acceptors (Lipinski definition) is 5. The number of allylic oxidation sites excluding steroid dienone is 3. The van der Waals surface area contributed by atoms with Gasteiger partial charge in [0.15, 0.2) is 11.6 Å². The Labute approximate surface area is 189 Å². The van der Waals surface area contributed by atoms with Crippen LogP contribution in [0.15, 0.2) is 70.4 Å². The molecule has 0 bridgehead atoms. The zero-order chi connectivity index (χ0) is 21.8. The van der Waals surface area contributed by atoms with Crippen molar-refractivity contribution in [3.8, 4) is 6.07 Å². The maximum atomic E-state index is 12.6. The molecule has 7 heteroatoms. The molecule has 0 unspecified atom stereocenters. The highest BCUT2D eigenvalue weighted by molar-refractivity contribution is 8.03. The van der Waals surface area contributed by atoms with Crippen LogP contribution in [-0.2, 0) is 4.79 Å². The molecule has 152 valence electrons. The largest absolute Gasteiger partial charge is 0.353 e. The van der Waals surface area contributed by atoms with Crippen LogP contribution in [0, 0.1) is 11.3 Å². The van der Waals surface area contributed by atoms with E-state index >= 15 is 0 Å². The third-order valence-corrected chi connectivity index (χ3v) is 6.46. The van der Waals surface area contributed by atoms with Crippen LogP contribution < -0.4 is 5.32 Å². The number of carbonyl (C=O) groups is 2. The number of hydrogen-bond donors (Lipinski definition) is 1. The molecule has 1 aliphatic rings. The van der Waals surface area contributed by atoms with Crippen molar-refractivity contribution < 1.29 is 9.59 Å². The molecule has 1 N–H and O–H groups in total. The van der Waals surface area contributed by atoms with E-state index in [4.69, 9.17) is 23.2 Å². The molecule has 0 saturated carbocycles. The number of ketones is 2. The van der Waals surface area contributed by atoms with E-state index in [1.807, 2.05) is 12.1 Å². The van der Waals surface area contributed by atoms with Gasteiger partial charge in [0.05, 0.1) is 33.4 Å². The summed E-state index contributed by atoms with van der Waals surface area (Å²) in [6.07, 6.45) is 0. The number of thioether (sulfide) groups is 1. The first-order chi connectivity index (χ1) is 14.3. The number of halogens is 2. The SMILES string of the molecule is CC(=O)C1=C(C)NC(SCC(=O)c2ccccc2Cl)=C(C#N)[C@H]1c1ccccc1Cl. The minimum Gasteiger partial charge on any atom is -0.353 e. The fraction of sp³-hybridized carbons (Fsp3) is 0.174. The zero-order valence-corrected chi connectivity index (χ0v) is 18.7. The monoisotopic (exact) mass is 456 g/mol. The zero-order valence-electron chi connectivity index (χ0n) is 16.3. The quantitative estimate of drug-likeness (QED) is 0.548. The number of nitrogens with zero attached hydrogens (tertiary/aromatic N) is 1. The fourth-order valence-corrected chi connectivity index (χ4v) is 4.88. The smallest absolute Gasteiger partial charge is 0.174 e. The summed E-state index contributed by atoms with van der Waals surface area (Å²) in [5, 5.41) is 14.5. The van der Waals surface area contributed by atoms with E-state index in [1.165, 1.54) is 18.7 Å². The van der Waals surface area contributed by atoms with Gasteiger partial charge in [0.1, 0.15) is 0 Å². The van der Waals surface area contributed by atoms with E-state index in [9.17, 15) is 14.9 Å². The molecule has 1 heterocycles. The second-order valence-corrected chi connectivity index (χ2v) is 8.52. The summed E-state index contributed by atoms with van der Waals surface area (Å²) in [5.41, 5.74) is 2.59. The third kappa shape index (κ3) is 4.46. The molecule has 0 saturated heterocycles. The molecule has 2 aromatic rings. The summed E-state index contributed by atoms with van der Waals surface area (Å²) in [6, 6.07) is 16.2. The standard InChI is InChI=1S/C23H18Cl2N2O2S/c1-13-21(14(2)28)22(16-8-4-6-10-19(16)25)17(11-26)23(27-13)30-12-20(29)15-7-3-5-9-18(15)24/h3-10,22,27H,12H2,1-2H3/t22-/m1/s1. The molecule has 3 rings (SSSR count). The van der Waals surface area contributed by atoms with Crippen molar-refractivity contribution in [2.75, 3.05) is 5.75 Å². The molecule has 0 aromatic heterocycles. The Hall–Kier alpha value is -2.52. The lowest BCUT2D eigenvalue weighted by Crippen LogP contribution is -2.27. The van der Waals surface area contributed by atoms with Crippen LogP contribution in [0.5, 0.6) is 0 Å². The van der Waals surface area contributed by atoms with Crippen molar-refractivity contribution in [1.29, 1.82) is 5.26 Å². The van der Waals surface area contributed by atoms with Crippen LogP contribution in [0.4, 0.5) is 0 Å². The van der Waals surface area contributed by atoms with E-state index in [1.54, 1.807) is 43.3 Å². The lowest BCUT2D eigenvalue weighted by molar-refractivity contribution is -0.113. The lowest BCUT2D eigenvalue weighted by atomic mass is 9.81. The van der Waals surface area contributed by atoms with E-state index in [0.29, 0.717) is 43.0 Å². The summed E-state index contributed by atoms with van der Waals surface area (Å²) in [7, 11) is 0.